The summed E-state index contributed by atoms with van der Waals surface area (Å²) >= 11 is 0. The van der Waals surface area contributed by atoms with Gasteiger partial charge in [-0.15, -0.1) is 0 Å². The number of likely N-dealkylation sites (tertiary alicyclic amines) is 1. The molecular formula is C19H21N2O2+. The molecule has 1 heterocycles. The molecule has 2 atom stereocenters. The number of nitrogens with zero attached hydrogens (tertiary/aromatic N) is 1. The highest BCUT2D eigenvalue weighted by molar-refractivity contribution is 6.06. The van der Waals surface area contributed by atoms with Gasteiger partial charge in [0.15, 0.2) is 6.67 Å². The van der Waals surface area contributed by atoms with Crippen LogP contribution in [0.5, 0.6) is 0 Å². The Hall–Kier alpha value is -2.46. The van der Waals surface area contributed by atoms with Crippen molar-refractivity contribution in [2.45, 2.75) is 18.9 Å². The maximum Gasteiger partial charge on any atom is 0.241 e. The lowest BCUT2D eigenvalue weighted by molar-refractivity contribution is -0.901. The molecule has 2 aromatic rings. The Morgan fingerprint density at radius 3 is 2.26 bits per heavy atom. The van der Waals surface area contributed by atoms with Crippen molar-refractivity contribution < 1.29 is 14.5 Å². The lowest BCUT2D eigenvalue weighted by atomic mass is 9.98. The number of carbonyl (C=O) groups is 2. The molecule has 3 rings (SSSR count). The molecule has 4 heteroatoms. The van der Waals surface area contributed by atoms with Crippen LogP contribution in [-0.4, -0.2) is 30.4 Å². The second-order valence-electron chi connectivity index (χ2n) is 6.10. The average Bonchev–Trinajstić information content (AvgIpc) is 2.85. The summed E-state index contributed by atoms with van der Waals surface area (Å²) in [6.45, 7) is 1.20. The molecule has 1 saturated heterocycles. The average molecular weight is 309 g/mol. The molecule has 0 spiro atoms. The number of benzene rings is 2. The Kier molecular flexibility index (Phi) is 4.53. The third kappa shape index (κ3) is 3.48. The van der Waals surface area contributed by atoms with Crippen LogP contribution in [0.1, 0.15) is 23.5 Å². The van der Waals surface area contributed by atoms with Gasteiger partial charge in [-0.3, -0.25) is 9.59 Å². The predicted molar refractivity (Wildman–Crippen MR) is 87.6 cm³/mol. The number of hydrogen-bond acceptors (Lipinski definition) is 2. The van der Waals surface area contributed by atoms with Crippen LogP contribution in [0.15, 0.2) is 60.7 Å². The zero-order chi connectivity index (χ0) is 16.2. The van der Waals surface area contributed by atoms with Gasteiger partial charge >= 0.3 is 0 Å². The van der Waals surface area contributed by atoms with E-state index in [4.69, 9.17) is 0 Å². The Bertz CT molecular complexity index is 685. The molecule has 4 nitrogen and oxygen atoms in total. The van der Waals surface area contributed by atoms with Crippen molar-refractivity contribution in [2.24, 2.45) is 0 Å². The first-order chi connectivity index (χ1) is 11.1. The number of amides is 2. The van der Waals surface area contributed by atoms with E-state index >= 15 is 0 Å². The first-order valence-electron chi connectivity index (χ1n) is 7.89. The van der Waals surface area contributed by atoms with Gasteiger partial charge in [-0.2, -0.15) is 0 Å². The summed E-state index contributed by atoms with van der Waals surface area (Å²) in [5.41, 5.74) is 2.12. The maximum atomic E-state index is 12.6. The number of hydrogen-bond donors (Lipinski definition) is 1. The van der Waals surface area contributed by atoms with Crippen LogP contribution in [-0.2, 0) is 16.1 Å². The van der Waals surface area contributed by atoms with Crippen molar-refractivity contribution in [3.63, 3.8) is 0 Å². The van der Waals surface area contributed by atoms with Gasteiger partial charge in [-0.1, -0.05) is 60.7 Å². The smallest absolute Gasteiger partial charge is 0.241 e. The summed E-state index contributed by atoms with van der Waals surface area (Å²) in [5.74, 6) is -0.474. The largest absolute Gasteiger partial charge is 0.316 e. The summed E-state index contributed by atoms with van der Waals surface area (Å²) in [7, 11) is 2.00. The molecule has 1 fully saturated rings. The summed E-state index contributed by atoms with van der Waals surface area (Å²) < 4.78 is 0. The van der Waals surface area contributed by atoms with Crippen LogP contribution < -0.4 is 4.90 Å². The summed E-state index contributed by atoms with van der Waals surface area (Å²) in [6.07, 6.45) is 0.279. The number of rotatable bonds is 5. The van der Waals surface area contributed by atoms with Gasteiger partial charge in [0, 0.05) is 12.0 Å². The SMILES string of the molecule is C[NH+](Cc1ccccc1)CN1C(=O)C[C@H](c2ccccc2)C1=O. The minimum Gasteiger partial charge on any atom is -0.316 e. The van der Waals surface area contributed by atoms with Crippen molar-refractivity contribution >= 4 is 11.8 Å². The molecule has 1 aliphatic heterocycles. The highest BCUT2D eigenvalue weighted by atomic mass is 16.2. The Balaban J connectivity index is 1.66. The quantitative estimate of drug-likeness (QED) is 0.843. The van der Waals surface area contributed by atoms with E-state index in [9.17, 15) is 9.59 Å². The fraction of sp³-hybridized carbons (Fsp3) is 0.263. The molecule has 1 aliphatic rings. The molecule has 0 aromatic heterocycles. The number of carbonyl (C=O) groups excluding carboxylic acids is 2. The third-order valence-electron chi connectivity index (χ3n) is 4.22. The molecule has 0 aliphatic carbocycles. The van der Waals surface area contributed by atoms with Crippen molar-refractivity contribution in [3.05, 3.63) is 71.8 Å². The van der Waals surface area contributed by atoms with E-state index in [0.29, 0.717) is 6.67 Å². The van der Waals surface area contributed by atoms with Gasteiger partial charge in [-0.05, 0) is 5.56 Å². The summed E-state index contributed by atoms with van der Waals surface area (Å²) in [5, 5.41) is 0. The summed E-state index contributed by atoms with van der Waals surface area (Å²) in [6, 6.07) is 19.7. The van der Waals surface area contributed by atoms with E-state index in [2.05, 4.69) is 12.1 Å². The zero-order valence-electron chi connectivity index (χ0n) is 13.2. The lowest BCUT2D eigenvalue weighted by Crippen LogP contribution is -3.09. The first-order valence-corrected chi connectivity index (χ1v) is 7.89. The standard InChI is InChI=1S/C19H20N2O2/c1-20(13-15-8-4-2-5-9-15)14-21-18(22)12-17(19(21)23)16-10-6-3-7-11-16/h2-11,17H,12-14H2,1H3/p+1/t17-/m1/s1. The van der Waals surface area contributed by atoms with E-state index in [1.165, 1.54) is 10.5 Å². The minimum absolute atomic E-state index is 0.0729. The van der Waals surface area contributed by atoms with Crippen molar-refractivity contribution in [3.8, 4) is 0 Å². The molecule has 2 amide bonds. The maximum absolute atomic E-state index is 12.6. The monoisotopic (exact) mass is 309 g/mol. The Morgan fingerprint density at radius 1 is 1.00 bits per heavy atom. The topological polar surface area (TPSA) is 41.8 Å². The molecule has 1 unspecified atom stereocenters. The highest BCUT2D eigenvalue weighted by Crippen LogP contribution is 2.28. The van der Waals surface area contributed by atoms with Crippen LogP contribution in [0, 0.1) is 0 Å². The van der Waals surface area contributed by atoms with E-state index in [-0.39, 0.29) is 24.2 Å². The van der Waals surface area contributed by atoms with Gasteiger partial charge in [0.1, 0.15) is 6.54 Å². The summed E-state index contributed by atoms with van der Waals surface area (Å²) in [4.78, 5) is 27.4. The van der Waals surface area contributed by atoms with Crippen LogP contribution in [0.25, 0.3) is 0 Å². The van der Waals surface area contributed by atoms with E-state index in [0.717, 1.165) is 17.0 Å². The van der Waals surface area contributed by atoms with Crippen LogP contribution >= 0.6 is 0 Å². The van der Waals surface area contributed by atoms with Crippen LogP contribution in [0.4, 0.5) is 0 Å². The third-order valence-corrected chi connectivity index (χ3v) is 4.22. The predicted octanol–water partition coefficient (Wildman–Crippen LogP) is 1.20. The van der Waals surface area contributed by atoms with Gasteiger partial charge < -0.3 is 4.90 Å². The van der Waals surface area contributed by atoms with Gasteiger partial charge in [0.2, 0.25) is 11.8 Å². The van der Waals surface area contributed by atoms with Crippen LogP contribution in [0.3, 0.4) is 0 Å². The molecule has 0 radical (unpaired) electrons. The fourth-order valence-electron chi connectivity index (χ4n) is 3.07. The second kappa shape index (κ2) is 6.75. The van der Waals surface area contributed by atoms with Gasteiger partial charge in [0.05, 0.1) is 13.0 Å². The lowest BCUT2D eigenvalue weighted by Gasteiger charge is -2.20. The van der Waals surface area contributed by atoms with Crippen molar-refractivity contribution in [2.75, 3.05) is 13.7 Å². The molecule has 118 valence electrons. The first kappa shape index (κ1) is 15.4. The molecule has 0 saturated carbocycles. The van der Waals surface area contributed by atoms with E-state index < -0.39 is 0 Å². The number of quaternary nitrogens is 1. The number of imide groups is 1. The zero-order valence-corrected chi connectivity index (χ0v) is 13.2. The Morgan fingerprint density at radius 2 is 1.61 bits per heavy atom. The van der Waals surface area contributed by atoms with Gasteiger partial charge in [-0.25, -0.2) is 4.90 Å². The molecule has 2 aromatic carbocycles. The van der Waals surface area contributed by atoms with Gasteiger partial charge in [0.25, 0.3) is 0 Å². The molecule has 1 N–H and O–H groups in total. The fourth-order valence-corrected chi connectivity index (χ4v) is 3.07. The van der Waals surface area contributed by atoms with Crippen LogP contribution in [0.2, 0.25) is 0 Å². The minimum atomic E-state index is -0.326. The van der Waals surface area contributed by atoms with Crippen molar-refractivity contribution in [1.82, 2.24) is 4.90 Å². The van der Waals surface area contributed by atoms with Crippen molar-refractivity contribution in [1.29, 1.82) is 0 Å². The van der Waals surface area contributed by atoms with E-state index in [1.54, 1.807) is 0 Å². The second-order valence-corrected chi connectivity index (χ2v) is 6.10. The number of nitrogens with one attached hydrogen (secondary N) is 1. The highest BCUT2D eigenvalue weighted by Gasteiger charge is 2.40. The molecule has 0 bridgehead atoms. The molecular weight excluding hydrogens is 288 g/mol. The Labute approximate surface area is 136 Å². The van der Waals surface area contributed by atoms with E-state index in [1.807, 2.05) is 55.6 Å². The molecule has 23 heavy (non-hydrogen) atoms. The normalized spacial score (nSPS) is 19.2.